The molecule has 1 atom stereocenters. The van der Waals surface area contributed by atoms with Gasteiger partial charge in [0.1, 0.15) is 17.2 Å². The van der Waals surface area contributed by atoms with Crippen LogP contribution in [0.4, 0.5) is 0 Å². The van der Waals surface area contributed by atoms with Crippen LogP contribution in [0.2, 0.25) is 0 Å². The van der Waals surface area contributed by atoms with Gasteiger partial charge in [0.05, 0.1) is 12.0 Å². The minimum Gasteiger partial charge on any atom is -0.508 e. The lowest BCUT2D eigenvalue weighted by atomic mass is 9.95. The first-order valence-corrected chi connectivity index (χ1v) is 6.43. The smallest absolute Gasteiger partial charge is 0.170 e. The fourth-order valence-electron chi connectivity index (χ4n) is 2.32. The lowest BCUT2D eigenvalue weighted by Gasteiger charge is -2.06. The Morgan fingerprint density at radius 2 is 1.95 bits per heavy atom. The zero-order chi connectivity index (χ0) is 14.8. The molecule has 0 fully saturated rings. The van der Waals surface area contributed by atoms with E-state index in [9.17, 15) is 15.5 Å². The van der Waals surface area contributed by atoms with Crippen LogP contribution in [0.3, 0.4) is 0 Å². The molecule has 1 unspecified atom stereocenters. The first-order chi connectivity index (χ1) is 10.2. The van der Waals surface area contributed by atoms with Crippen LogP contribution in [0.1, 0.15) is 17.2 Å². The second kappa shape index (κ2) is 5.17. The van der Waals surface area contributed by atoms with E-state index in [1.54, 1.807) is 24.3 Å². The lowest BCUT2D eigenvalue weighted by Crippen LogP contribution is -2.01. The van der Waals surface area contributed by atoms with E-state index in [-0.39, 0.29) is 11.5 Å². The van der Waals surface area contributed by atoms with Crippen LogP contribution in [-0.4, -0.2) is 15.4 Å². The Bertz CT molecular complexity index is 833. The second-order valence-corrected chi connectivity index (χ2v) is 4.80. The largest absolute Gasteiger partial charge is 0.508 e. The topological polar surface area (TPSA) is 90.3 Å². The number of phenolic OH excluding ortho intramolecular Hbond substituents is 2. The Morgan fingerprint density at radius 3 is 2.71 bits per heavy atom. The summed E-state index contributed by atoms with van der Waals surface area (Å²) < 4.78 is 5.16. The highest BCUT2D eigenvalue weighted by atomic mass is 16.5. The van der Waals surface area contributed by atoms with E-state index in [4.69, 9.17) is 4.52 Å². The zero-order valence-corrected chi connectivity index (χ0v) is 11.0. The third kappa shape index (κ3) is 2.51. The molecule has 0 saturated heterocycles. The summed E-state index contributed by atoms with van der Waals surface area (Å²) in [7, 11) is 0. The van der Waals surface area contributed by atoms with E-state index in [1.165, 1.54) is 12.1 Å². The summed E-state index contributed by atoms with van der Waals surface area (Å²) >= 11 is 0. The van der Waals surface area contributed by atoms with Gasteiger partial charge in [-0.15, -0.1) is 0 Å². The van der Waals surface area contributed by atoms with Crippen molar-refractivity contribution in [1.82, 2.24) is 5.16 Å². The van der Waals surface area contributed by atoms with E-state index < -0.39 is 5.92 Å². The minimum atomic E-state index is -0.488. The van der Waals surface area contributed by atoms with E-state index in [0.717, 1.165) is 5.56 Å². The van der Waals surface area contributed by atoms with Crippen molar-refractivity contribution in [2.24, 2.45) is 0 Å². The van der Waals surface area contributed by atoms with Gasteiger partial charge in [0, 0.05) is 11.5 Å². The number of benzene rings is 2. The standard InChI is InChI=1S/C16H12N2O3/c17-9-11(6-10-2-1-3-12(19)7-10)16-14-5-4-13(20)8-15(14)21-18-16/h1-5,7-8,11,19-20H,6H2. The summed E-state index contributed by atoms with van der Waals surface area (Å²) in [5, 5.41) is 33.0. The minimum absolute atomic E-state index is 0.0895. The normalized spacial score (nSPS) is 12.1. The number of phenols is 2. The Kier molecular flexibility index (Phi) is 3.20. The number of hydrogen-bond acceptors (Lipinski definition) is 5. The fraction of sp³-hybridized carbons (Fsp3) is 0.125. The monoisotopic (exact) mass is 280 g/mol. The van der Waals surface area contributed by atoms with Gasteiger partial charge in [-0.2, -0.15) is 5.26 Å². The fourth-order valence-corrected chi connectivity index (χ4v) is 2.32. The third-order valence-electron chi connectivity index (χ3n) is 3.32. The van der Waals surface area contributed by atoms with Gasteiger partial charge in [-0.05, 0) is 36.2 Å². The number of hydrogen-bond donors (Lipinski definition) is 2. The van der Waals surface area contributed by atoms with Crippen molar-refractivity contribution >= 4 is 11.0 Å². The number of aromatic hydroxyl groups is 2. The second-order valence-electron chi connectivity index (χ2n) is 4.80. The number of fused-ring (bicyclic) bond motifs is 1. The summed E-state index contributed by atoms with van der Waals surface area (Å²) in [6.45, 7) is 0. The molecular formula is C16H12N2O3. The molecule has 5 heteroatoms. The highest BCUT2D eigenvalue weighted by Gasteiger charge is 2.20. The van der Waals surface area contributed by atoms with Crippen molar-refractivity contribution in [1.29, 1.82) is 5.26 Å². The van der Waals surface area contributed by atoms with Crippen molar-refractivity contribution in [2.45, 2.75) is 12.3 Å². The average Bonchev–Trinajstić information content (AvgIpc) is 2.87. The van der Waals surface area contributed by atoms with E-state index in [2.05, 4.69) is 11.2 Å². The van der Waals surface area contributed by atoms with Crippen LogP contribution in [0.25, 0.3) is 11.0 Å². The van der Waals surface area contributed by atoms with Crippen LogP contribution < -0.4 is 0 Å². The van der Waals surface area contributed by atoms with Gasteiger partial charge < -0.3 is 14.7 Å². The molecule has 1 aromatic heterocycles. The molecular weight excluding hydrogens is 268 g/mol. The molecule has 2 N–H and O–H groups in total. The van der Waals surface area contributed by atoms with Crippen molar-refractivity contribution in [3.8, 4) is 17.6 Å². The van der Waals surface area contributed by atoms with E-state index >= 15 is 0 Å². The van der Waals surface area contributed by atoms with Crippen molar-refractivity contribution in [3.05, 3.63) is 53.7 Å². The number of nitriles is 1. The van der Waals surface area contributed by atoms with E-state index in [0.29, 0.717) is 23.1 Å². The molecule has 0 aliphatic heterocycles. The summed E-state index contributed by atoms with van der Waals surface area (Å²) in [6, 6.07) is 13.7. The summed E-state index contributed by atoms with van der Waals surface area (Å²) in [5.41, 5.74) is 1.83. The predicted molar refractivity (Wildman–Crippen MR) is 75.8 cm³/mol. The van der Waals surface area contributed by atoms with Gasteiger partial charge in [-0.3, -0.25) is 0 Å². The van der Waals surface area contributed by atoms with Gasteiger partial charge >= 0.3 is 0 Å². The third-order valence-corrected chi connectivity index (χ3v) is 3.32. The molecule has 2 aromatic carbocycles. The summed E-state index contributed by atoms with van der Waals surface area (Å²) in [5.74, 6) is -0.233. The molecule has 5 nitrogen and oxygen atoms in total. The lowest BCUT2D eigenvalue weighted by molar-refractivity contribution is 0.438. The Balaban J connectivity index is 1.97. The molecule has 3 aromatic rings. The molecule has 1 heterocycles. The molecule has 104 valence electrons. The number of nitrogens with zero attached hydrogens (tertiary/aromatic N) is 2. The predicted octanol–water partition coefficient (Wildman–Crippen LogP) is 3.09. The quantitative estimate of drug-likeness (QED) is 0.769. The molecule has 0 aliphatic carbocycles. The van der Waals surface area contributed by atoms with Gasteiger partial charge in [-0.25, -0.2) is 0 Å². The van der Waals surface area contributed by atoms with Crippen LogP contribution in [-0.2, 0) is 6.42 Å². The van der Waals surface area contributed by atoms with Gasteiger partial charge in [0.2, 0.25) is 0 Å². The SMILES string of the molecule is N#CC(Cc1cccc(O)c1)c1noc2cc(O)ccc12. The van der Waals surface area contributed by atoms with Crippen LogP contribution in [0.15, 0.2) is 47.0 Å². The summed E-state index contributed by atoms with van der Waals surface area (Å²) in [6.07, 6.45) is 0.424. The summed E-state index contributed by atoms with van der Waals surface area (Å²) in [4.78, 5) is 0. The van der Waals surface area contributed by atoms with Crippen LogP contribution >= 0.6 is 0 Å². The first-order valence-electron chi connectivity index (χ1n) is 6.43. The molecule has 21 heavy (non-hydrogen) atoms. The van der Waals surface area contributed by atoms with Crippen molar-refractivity contribution < 1.29 is 14.7 Å². The van der Waals surface area contributed by atoms with Crippen molar-refractivity contribution in [2.75, 3.05) is 0 Å². The van der Waals surface area contributed by atoms with Crippen LogP contribution in [0, 0.1) is 11.3 Å². The molecule has 0 spiro atoms. The molecule has 0 radical (unpaired) electrons. The zero-order valence-electron chi connectivity index (χ0n) is 11.0. The Labute approximate surface area is 120 Å². The molecule has 0 bridgehead atoms. The maximum Gasteiger partial charge on any atom is 0.170 e. The van der Waals surface area contributed by atoms with E-state index in [1.807, 2.05) is 6.07 Å². The highest BCUT2D eigenvalue weighted by molar-refractivity contribution is 5.81. The van der Waals surface area contributed by atoms with Crippen molar-refractivity contribution in [3.63, 3.8) is 0 Å². The Hall–Kier alpha value is -3.00. The molecule has 0 aliphatic rings. The van der Waals surface area contributed by atoms with Gasteiger partial charge in [0.25, 0.3) is 0 Å². The Morgan fingerprint density at radius 1 is 1.14 bits per heavy atom. The maximum absolute atomic E-state index is 9.49. The van der Waals surface area contributed by atoms with Crippen LogP contribution in [0.5, 0.6) is 11.5 Å². The molecule has 0 amide bonds. The number of rotatable bonds is 3. The first kappa shape index (κ1) is 13.0. The highest BCUT2D eigenvalue weighted by Crippen LogP contribution is 2.29. The maximum atomic E-state index is 9.49. The van der Waals surface area contributed by atoms with Gasteiger partial charge in [0.15, 0.2) is 5.58 Å². The van der Waals surface area contributed by atoms with Gasteiger partial charge in [-0.1, -0.05) is 17.3 Å². The number of aromatic nitrogens is 1. The average molecular weight is 280 g/mol. The molecule has 0 saturated carbocycles. The molecule has 3 rings (SSSR count).